The Balaban J connectivity index is 0.682. The van der Waals surface area contributed by atoms with Crippen molar-refractivity contribution in [1.82, 2.24) is 44.7 Å². The number of hydrogen-bond acceptors (Lipinski definition) is 16. The molecule has 3 aromatic carbocycles. The fraction of sp³-hybridized carbons (Fsp3) is 0.500. The smallest absolute Gasteiger partial charge is 0.386 e. The van der Waals surface area contributed by atoms with Crippen molar-refractivity contribution in [3.63, 3.8) is 0 Å². The van der Waals surface area contributed by atoms with Crippen molar-refractivity contribution in [1.29, 1.82) is 0 Å². The number of amides is 5. The van der Waals surface area contributed by atoms with Crippen molar-refractivity contribution in [2.45, 2.75) is 133 Å². The van der Waals surface area contributed by atoms with Crippen molar-refractivity contribution in [2.24, 2.45) is 23.5 Å². The number of halogens is 3. The van der Waals surface area contributed by atoms with Gasteiger partial charge in [-0.25, -0.2) is 15.0 Å². The Morgan fingerprint density at radius 3 is 2.24 bits per heavy atom. The largest absolute Gasteiger partial charge is 0.433 e. The molecule has 0 bridgehead atoms. The summed E-state index contributed by atoms with van der Waals surface area (Å²) in [6, 6.07) is 19.5. The number of pyridine rings is 1. The minimum atomic E-state index is -4.72. The highest BCUT2D eigenvalue weighted by atomic mass is 19.4. The standard InChI is InChI=1S/C66H79F3N14O7/c1-65(2,90)48-33-51-43(32-52(48)75-61(86)50-10-7-11-54(74-50)66(67,68)69)38-82(78-51)46-18-12-39(13-19-46)36-79-28-24-42(25-29-79)44(34-71-49-9-6-8-47-57(49)64(89)83(63(47)88)53-20-21-56(84)77-62(53)87)37-80-30-22-41(23-31-80)40-14-16-45(17-15-40)73-60-58(59(70)85)72-35-55(76-60)81-26-4-3-5-27-81/h6-11,14-17,32-33,35,38-39,41-42,44,46,53,63,71,88,90H,3-5,12-13,18-31,34,36-37H2,1-2H3,(H2,70,85)(H,73,76)(H,75,86)(H,77,84,87). The van der Waals surface area contributed by atoms with Crippen molar-refractivity contribution in [2.75, 3.05) is 79.8 Å². The number of primary amides is 1. The van der Waals surface area contributed by atoms with Gasteiger partial charge in [0.2, 0.25) is 11.8 Å². The lowest BCUT2D eigenvalue weighted by molar-refractivity contribution is -0.141. The zero-order valence-corrected chi connectivity index (χ0v) is 50.9. The van der Waals surface area contributed by atoms with Crippen LogP contribution in [0.25, 0.3) is 10.9 Å². The molecule has 24 heteroatoms. The molecule has 3 aromatic heterocycles. The number of aliphatic hydroxyl groups is 2. The number of nitrogens with two attached hydrogens (primary N) is 1. The van der Waals surface area contributed by atoms with E-state index in [1.54, 1.807) is 38.2 Å². The van der Waals surface area contributed by atoms with Crippen LogP contribution in [0.2, 0.25) is 0 Å². The number of carbonyl (C=O) groups excluding carboxylic acids is 5. The average molecular weight is 1240 g/mol. The first-order valence-electron chi connectivity index (χ1n) is 31.8. The zero-order chi connectivity index (χ0) is 63.0. The van der Waals surface area contributed by atoms with Gasteiger partial charge >= 0.3 is 6.18 Å². The van der Waals surface area contributed by atoms with Crippen LogP contribution in [-0.2, 0) is 21.4 Å². The van der Waals surface area contributed by atoms with E-state index in [-0.39, 0.29) is 36.2 Å². The molecule has 4 saturated heterocycles. The molecule has 3 atom stereocenters. The molecule has 5 amide bonds. The molecular weight excluding hydrogens is 1160 g/mol. The van der Waals surface area contributed by atoms with Gasteiger partial charge < -0.3 is 46.6 Å². The number of alkyl halides is 3. The van der Waals surface area contributed by atoms with E-state index in [2.05, 4.69) is 58.1 Å². The fourth-order valence-corrected chi connectivity index (χ4v) is 14.5. The minimum absolute atomic E-state index is 0.0767. The van der Waals surface area contributed by atoms with E-state index < -0.39 is 65.0 Å². The maximum absolute atomic E-state index is 14.2. The van der Waals surface area contributed by atoms with Gasteiger partial charge in [-0.15, -0.1) is 0 Å². The number of carbonyl (C=O) groups is 5. The molecule has 90 heavy (non-hydrogen) atoms. The monoisotopic (exact) mass is 1240 g/mol. The van der Waals surface area contributed by atoms with E-state index in [1.165, 1.54) is 23.0 Å². The summed E-state index contributed by atoms with van der Waals surface area (Å²) in [5.74, 6) is -0.380. The maximum atomic E-state index is 14.2. The van der Waals surface area contributed by atoms with Crippen molar-refractivity contribution < 1.29 is 47.4 Å². The lowest BCUT2D eigenvalue weighted by atomic mass is 9.81. The summed E-state index contributed by atoms with van der Waals surface area (Å²) in [5.41, 5.74) is 7.51. The Morgan fingerprint density at radius 1 is 0.822 bits per heavy atom. The number of anilines is 5. The van der Waals surface area contributed by atoms with Crippen LogP contribution in [0.1, 0.15) is 169 Å². The third-order valence-corrected chi connectivity index (χ3v) is 19.4. The predicted molar refractivity (Wildman–Crippen MR) is 333 cm³/mol. The summed E-state index contributed by atoms with van der Waals surface area (Å²) in [7, 11) is 0. The maximum Gasteiger partial charge on any atom is 0.433 e. The molecule has 0 radical (unpaired) electrons. The molecule has 1 saturated carbocycles. The van der Waals surface area contributed by atoms with E-state index >= 15 is 0 Å². The molecule has 3 unspecified atom stereocenters. The van der Waals surface area contributed by atoms with Crippen LogP contribution < -0.4 is 31.9 Å². The summed E-state index contributed by atoms with van der Waals surface area (Å²) in [6.45, 7) is 11.1. The number of rotatable bonds is 18. The van der Waals surface area contributed by atoms with Crippen molar-refractivity contribution in [3.8, 4) is 0 Å². The van der Waals surface area contributed by atoms with Crippen LogP contribution in [0.15, 0.2) is 85.2 Å². The normalized spacial score (nSPS) is 22.1. The van der Waals surface area contributed by atoms with Gasteiger partial charge in [0.05, 0.1) is 28.9 Å². The fourth-order valence-electron chi connectivity index (χ4n) is 14.5. The number of aliphatic hydroxyl groups excluding tert-OH is 1. The van der Waals surface area contributed by atoms with Crippen LogP contribution in [-0.4, -0.2) is 144 Å². The molecule has 8 heterocycles. The Hall–Kier alpha value is -8.06. The second-order valence-corrected chi connectivity index (χ2v) is 25.9. The number of piperidine rings is 4. The third kappa shape index (κ3) is 13.7. The highest BCUT2D eigenvalue weighted by Gasteiger charge is 2.46. The van der Waals surface area contributed by atoms with Gasteiger partial charge in [0, 0.05) is 78.9 Å². The van der Waals surface area contributed by atoms with Crippen molar-refractivity contribution >= 4 is 69.1 Å². The minimum Gasteiger partial charge on any atom is -0.386 e. The van der Waals surface area contributed by atoms with Gasteiger partial charge in [-0.05, 0) is 189 Å². The Bertz CT molecular complexity index is 3640. The Kier molecular flexibility index (Phi) is 18.0. The van der Waals surface area contributed by atoms with Gasteiger partial charge in [0.25, 0.3) is 17.7 Å². The first-order chi connectivity index (χ1) is 43.2. The summed E-state index contributed by atoms with van der Waals surface area (Å²) >= 11 is 0. The third-order valence-electron chi connectivity index (χ3n) is 19.4. The van der Waals surface area contributed by atoms with Crippen LogP contribution in [0.5, 0.6) is 0 Å². The van der Waals surface area contributed by atoms with Crippen molar-refractivity contribution in [3.05, 3.63) is 125 Å². The van der Waals surface area contributed by atoms with Gasteiger partial charge in [0.15, 0.2) is 17.7 Å². The number of fused-ring (bicyclic) bond motifs is 2. The summed E-state index contributed by atoms with van der Waals surface area (Å²) < 4.78 is 42.3. The Morgan fingerprint density at radius 2 is 1.54 bits per heavy atom. The average Bonchev–Trinajstić information content (AvgIpc) is 1.67. The second-order valence-electron chi connectivity index (χ2n) is 25.9. The number of likely N-dealkylation sites (tertiary alicyclic amines) is 2. The molecule has 12 rings (SSSR count). The van der Waals surface area contributed by atoms with Gasteiger partial charge in [0.1, 0.15) is 23.2 Å². The lowest BCUT2D eigenvalue weighted by Crippen LogP contribution is -2.53. The molecule has 8 N–H and O–H groups in total. The first-order valence-corrected chi connectivity index (χ1v) is 31.8. The molecule has 1 aliphatic carbocycles. The summed E-state index contributed by atoms with van der Waals surface area (Å²) in [6.07, 6.45) is 8.90. The first kappa shape index (κ1) is 62.1. The quantitative estimate of drug-likeness (QED) is 0.0396. The lowest BCUT2D eigenvalue weighted by Gasteiger charge is -2.41. The van der Waals surface area contributed by atoms with Gasteiger partial charge in [-0.1, -0.05) is 30.3 Å². The van der Waals surface area contributed by atoms with E-state index in [0.29, 0.717) is 58.0 Å². The molecule has 476 valence electrons. The number of aromatic nitrogens is 5. The van der Waals surface area contributed by atoms with Gasteiger partial charge in [-0.2, -0.15) is 18.3 Å². The topological polar surface area (TPSA) is 269 Å². The molecular formula is C66H79F3N14O7. The molecule has 6 aliphatic rings. The number of benzene rings is 3. The second kappa shape index (κ2) is 26.0. The van der Waals surface area contributed by atoms with E-state index in [0.717, 1.165) is 146 Å². The van der Waals surface area contributed by atoms with Crippen LogP contribution in [0.4, 0.5) is 41.9 Å². The van der Waals surface area contributed by atoms with Crippen LogP contribution in [0.3, 0.4) is 0 Å². The van der Waals surface area contributed by atoms with Crippen LogP contribution >= 0.6 is 0 Å². The molecule has 5 aliphatic heterocycles. The summed E-state index contributed by atoms with van der Waals surface area (Å²) in [5, 5.41) is 40.4. The Labute approximate surface area is 520 Å². The SMILES string of the molecule is CC(C)(O)c1cc2nn(C3CCC(CN4CCC(C(CNc5cccc6c5C(=O)N(C5CCC(=O)NC5=O)C6O)CN5CCC(c6ccc(Nc7nc(N8CCCCC8)cnc7C(N)=O)cc6)CC5)CC4)CC3)cc2cc1NC(=O)c1cccc(C(F)(F)F)n1. The number of nitrogens with one attached hydrogen (secondary N) is 4. The molecule has 21 nitrogen and oxygen atoms in total. The summed E-state index contributed by atoms with van der Waals surface area (Å²) in [4.78, 5) is 86.2. The predicted octanol–water partition coefficient (Wildman–Crippen LogP) is 8.86. The van der Waals surface area contributed by atoms with E-state index in [1.807, 2.05) is 35.1 Å². The highest BCUT2D eigenvalue weighted by Crippen LogP contribution is 2.42. The van der Waals surface area contributed by atoms with Crippen LogP contribution in [0, 0.1) is 17.8 Å². The van der Waals surface area contributed by atoms with E-state index in [9.17, 15) is 47.4 Å². The number of imide groups is 1. The molecule has 6 aromatic rings. The molecule has 0 spiro atoms. The van der Waals surface area contributed by atoms with E-state index in [4.69, 9.17) is 15.8 Å². The highest BCUT2D eigenvalue weighted by molar-refractivity contribution is 6.08. The zero-order valence-electron chi connectivity index (χ0n) is 50.9. The van der Waals surface area contributed by atoms with Gasteiger partial charge in [-0.3, -0.25) is 38.9 Å². The molecule has 5 fully saturated rings. The number of nitrogens with zero attached hydrogens (tertiary/aromatic N) is 9. The number of hydrogen-bond donors (Lipinski definition) is 7.